The zero-order valence-corrected chi connectivity index (χ0v) is 28.9. The van der Waals surface area contributed by atoms with Crippen LogP contribution in [-0.2, 0) is 16.6 Å². The molecule has 0 saturated carbocycles. The van der Waals surface area contributed by atoms with Crippen LogP contribution in [0.2, 0.25) is 5.02 Å². The van der Waals surface area contributed by atoms with Crippen molar-refractivity contribution in [3.05, 3.63) is 69.4 Å². The normalized spacial score (nSPS) is 24.6. The van der Waals surface area contributed by atoms with E-state index >= 15 is 0 Å². The zero-order valence-electron chi connectivity index (χ0n) is 28.1. The maximum Gasteiger partial charge on any atom is 0.287 e. The summed E-state index contributed by atoms with van der Waals surface area (Å²) in [7, 11) is 3.67. The third kappa shape index (κ3) is 6.96. The quantitative estimate of drug-likeness (QED) is 0.374. The first-order chi connectivity index (χ1) is 23.6. The van der Waals surface area contributed by atoms with Gasteiger partial charge in [-0.25, -0.2) is 4.68 Å². The number of aryl methyl sites for hydroxylation is 1. The maximum atomic E-state index is 13.6. The van der Waals surface area contributed by atoms with Gasteiger partial charge in [0.25, 0.3) is 17.4 Å². The predicted molar refractivity (Wildman–Crippen MR) is 186 cm³/mol. The minimum Gasteiger partial charge on any atom is -0.378 e. The number of likely N-dealkylation sites (N-methyl/N-ethyl adjacent to an activating group) is 1. The van der Waals surface area contributed by atoms with Crippen molar-refractivity contribution in [1.29, 1.82) is 0 Å². The van der Waals surface area contributed by atoms with Gasteiger partial charge in [-0.2, -0.15) is 10.2 Å². The van der Waals surface area contributed by atoms with Gasteiger partial charge in [-0.1, -0.05) is 23.7 Å². The molecule has 0 aliphatic carbocycles. The largest absolute Gasteiger partial charge is 0.378 e. The molecular weight excluding hydrogens is 646 g/mol. The second-order valence-electron chi connectivity index (χ2n) is 14.3. The lowest BCUT2D eigenvalue weighted by atomic mass is 9.71. The van der Waals surface area contributed by atoms with Crippen LogP contribution in [-0.4, -0.2) is 99.4 Å². The van der Waals surface area contributed by atoms with Crippen molar-refractivity contribution in [2.75, 3.05) is 56.5 Å². The molecule has 0 radical (unpaired) electrons. The van der Waals surface area contributed by atoms with E-state index in [0.717, 1.165) is 82.6 Å². The number of nitrogens with one attached hydrogen (secondary N) is 2. The average molecular weight is 690 g/mol. The van der Waals surface area contributed by atoms with E-state index in [2.05, 4.69) is 49.8 Å². The molecule has 2 aromatic heterocycles. The predicted octanol–water partition coefficient (Wildman–Crippen LogP) is 3.03. The molecule has 3 amide bonds. The minimum absolute atomic E-state index is 0.0906. The lowest BCUT2D eigenvalue weighted by Crippen LogP contribution is -2.48. The molecule has 4 fully saturated rings. The summed E-state index contributed by atoms with van der Waals surface area (Å²) >= 11 is 6.31. The Balaban J connectivity index is 0.907. The molecule has 4 saturated heterocycles. The Morgan fingerprint density at radius 3 is 2.39 bits per heavy atom. The van der Waals surface area contributed by atoms with Gasteiger partial charge in [-0.05, 0) is 74.6 Å². The summed E-state index contributed by atoms with van der Waals surface area (Å²) in [6.45, 7) is 5.07. The van der Waals surface area contributed by atoms with Gasteiger partial charge < -0.3 is 20.0 Å². The first-order valence-corrected chi connectivity index (χ1v) is 17.6. The van der Waals surface area contributed by atoms with Crippen molar-refractivity contribution in [3.8, 4) is 0 Å². The molecule has 1 unspecified atom stereocenters. The highest BCUT2D eigenvalue weighted by molar-refractivity contribution is 6.32. The molecule has 13 nitrogen and oxygen atoms in total. The van der Waals surface area contributed by atoms with Crippen molar-refractivity contribution in [2.45, 2.75) is 62.9 Å². The van der Waals surface area contributed by atoms with E-state index in [1.165, 1.54) is 10.2 Å². The topological polar surface area (TPSA) is 138 Å². The molecule has 49 heavy (non-hydrogen) atoms. The van der Waals surface area contributed by atoms with Crippen LogP contribution >= 0.6 is 11.6 Å². The van der Waals surface area contributed by atoms with Crippen LogP contribution in [0.5, 0.6) is 0 Å². The molecule has 1 aromatic carbocycles. The number of hydrogen-bond donors (Lipinski definition) is 2. The molecule has 3 aromatic rings. The van der Waals surface area contributed by atoms with Crippen LogP contribution in [0.1, 0.15) is 72.8 Å². The second-order valence-corrected chi connectivity index (χ2v) is 14.7. The number of anilines is 2. The molecule has 0 bridgehead atoms. The van der Waals surface area contributed by atoms with Crippen LogP contribution in [0.25, 0.3) is 0 Å². The monoisotopic (exact) mass is 689 g/mol. The van der Waals surface area contributed by atoms with Crippen LogP contribution in [0.15, 0.2) is 47.7 Å². The van der Waals surface area contributed by atoms with Gasteiger partial charge >= 0.3 is 0 Å². The van der Waals surface area contributed by atoms with Crippen molar-refractivity contribution >= 4 is 40.7 Å². The van der Waals surface area contributed by atoms with Crippen molar-refractivity contribution in [3.63, 3.8) is 0 Å². The van der Waals surface area contributed by atoms with Crippen molar-refractivity contribution in [2.24, 2.45) is 12.5 Å². The van der Waals surface area contributed by atoms with Crippen molar-refractivity contribution < 1.29 is 14.4 Å². The number of benzene rings is 1. The van der Waals surface area contributed by atoms with E-state index < -0.39 is 6.04 Å². The van der Waals surface area contributed by atoms with E-state index in [1.54, 1.807) is 17.9 Å². The first kappa shape index (κ1) is 33.3. The number of rotatable bonds is 6. The second kappa shape index (κ2) is 13.6. The summed E-state index contributed by atoms with van der Waals surface area (Å²) in [5.74, 6) is -0.154. The highest BCUT2D eigenvalue weighted by Gasteiger charge is 2.39. The van der Waals surface area contributed by atoms with E-state index in [4.69, 9.17) is 11.6 Å². The van der Waals surface area contributed by atoms with Gasteiger partial charge in [0.05, 0.1) is 23.8 Å². The minimum atomic E-state index is -0.443. The fourth-order valence-corrected chi connectivity index (χ4v) is 8.32. The number of nitrogens with zero attached hydrogens (tertiary/aromatic N) is 7. The van der Waals surface area contributed by atoms with Gasteiger partial charge in [0.2, 0.25) is 5.91 Å². The lowest BCUT2D eigenvalue weighted by molar-refractivity contribution is -0.135. The number of likely N-dealkylation sites (tertiary alicyclic amines) is 2. The fraction of sp³-hybridized carbons (Fsp3) is 0.543. The summed E-state index contributed by atoms with van der Waals surface area (Å²) in [6, 6.07) is 7.76. The molecule has 2 N–H and O–H groups in total. The van der Waals surface area contributed by atoms with Crippen LogP contribution < -0.4 is 21.1 Å². The molecule has 7 rings (SSSR count). The maximum absolute atomic E-state index is 13.6. The number of carbonyl (C=O) groups excluding carboxylic acids is 3. The number of halogens is 1. The number of piperidine rings is 4. The number of amides is 3. The average Bonchev–Trinajstić information content (AvgIpc) is 3.59. The van der Waals surface area contributed by atoms with Crippen LogP contribution in [0.3, 0.4) is 0 Å². The van der Waals surface area contributed by atoms with Gasteiger partial charge in [0.15, 0.2) is 0 Å². The lowest BCUT2D eigenvalue weighted by Gasteiger charge is -2.47. The van der Waals surface area contributed by atoms with E-state index in [0.29, 0.717) is 18.5 Å². The fourth-order valence-electron chi connectivity index (χ4n) is 8.10. The number of carbonyl (C=O) groups is 3. The highest BCUT2D eigenvalue weighted by Crippen LogP contribution is 2.42. The summed E-state index contributed by atoms with van der Waals surface area (Å²) < 4.78 is 2.91. The molecule has 14 heteroatoms. The third-order valence-electron chi connectivity index (χ3n) is 11.1. The Kier molecular flexibility index (Phi) is 9.23. The highest BCUT2D eigenvalue weighted by atomic mass is 35.5. The van der Waals surface area contributed by atoms with Gasteiger partial charge in [0.1, 0.15) is 11.1 Å². The first-order valence-electron chi connectivity index (χ1n) is 17.3. The number of aromatic nitrogens is 4. The molecule has 1 spiro atoms. The Morgan fingerprint density at radius 1 is 0.959 bits per heavy atom. The molecule has 260 valence electrons. The molecular formula is C35H44ClN9O4. The van der Waals surface area contributed by atoms with Gasteiger partial charge in [0, 0.05) is 70.5 Å². The standard InChI is InChI=1S/C35H44ClN9O4/c1-41-20-25(17-26(21-41)39-28-19-37-42(2)34(49)31(28)36)23-3-5-24(6-4-23)33(48)44-15-11-35(12-16-44)9-13-43(14-10-35)27-18-38-45(22-27)29-7-8-30(46)40-32(29)47/h3-6,18-19,22,25-26,29,39H,7-17,20-21H2,1-2H3,(H,40,46,47)/t25-,26+,29?/m0/s1. The SMILES string of the molecule is CN1C[C@H](Nc2cnn(C)c(=O)c2Cl)C[C@H](c2ccc(C(=O)N3CCC4(CC3)CCN(c3cnn(C5CCC(=O)NC5=O)c3)CC4)cc2)C1. The van der Waals surface area contributed by atoms with Crippen LogP contribution in [0, 0.1) is 5.41 Å². The Hall–Kier alpha value is -4.23. The van der Waals surface area contributed by atoms with E-state index in [9.17, 15) is 19.2 Å². The molecule has 4 aliphatic rings. The van der Waals surface area contributed by atoms with Gasteiger partial charge in [-0.3, -0.25) is 29.2 Å². The smallest absolute Gasteiger partial charge is 0.287 e. The van der Waals surface area contributed by atoms with E-state index in [1.807, 2.05) is 29.4 Å². The van der Waals surface area contributed by atoms with E-state index in [-0.39, 0.29) is 45.7 Å². The third-order valence-corrected chi connectivity index (χ3v) is 11.5. The summed E-state index contributed by atoms with van der Waals surface area (Å²) in [5, 5.41) is 14.6. The number of hydrogen-bond acceptors (Lipinski definition) is 9. The molecule has 4 aliphatic heterocycles. The Labute approximate surface area is 290 Å². The number of imide groups is 1. The molecule has 6 heterocycles. The van der Waals surface area contributed by atoms with Crippen LogP contribution in [0.4, 0.5) is 11.4 Å². The summed E-state index contributed by atoms with van der Waals surface area (Å²) in [5.41, 5.74) is 3.39. The summed E-state index contributed by atoms with van der Waals surface area (Å²) in [4.78, 5) is 56.2. The summed E-state index contributed by atoms with van der Waals surface area (Å²) in [6.07, 6.45) is 11.1. The zero-order chi connectivity index (χ0) is 34.3. The van der Waals surface area contributed by atoms with Crippen molar-refractivity contribution in [1.82, 2.24) is 34.7 Å². The Morgan fingerprint density at radius 2 is 1.67 bits per heavy atom. The van der Waals surface area contributed by atoms with Gasteiger partial charge in [-0.15, -0.1) is 0 Å². The Bertz CT molecular complexity index is 1770. The molecule has 3 atom stereocenters.